The molecule has 1 aromatic carbocycles. The topological polar surface area (TPSA) is 132 Å². The third kappa shape index (κ3) is 5.65. The Morgan fingerprint density at radius 3 is 2.50 bits per heavy atom. The number of hydrogen-bond acceptors (Lipinski definition) is 5. The number of carbonyl (C=O) groups excluding carboxylic acids is 1. The number of carboxylic acid groups (broad SMARTS) is 1. The van der Waals surface area contributed by atoms with Crippen LogP contribution < -0.4 is 15.4 Å². The molecule has 0 aromatic heterocycles. The van der Waals surface area contributed by atoms with E-state index in [9.17, 15) is 27.9 Å². The van der Waals surface area contributed by atoms with Gasteiger partial charge in [0.25, 0.3) is 0 Å². The minimum absolute atomic E-state index is 0.0338. The summed E-state index contributed by atoms with van der Waals surface area (Å²) in [5.41, 5.74) is -2.70. The van der Waals surface area contributed by atoms with E-state index in [1.807, 2.05) is 0 Å². The van der Waals surface area contributed by atoms with Gasteiger partial charge in [0, 0.05) is 5.69 Å². The van der Waals surface area contributed by atoms with Gasteiger partial charge in [-0.15, -0.1) is 13.2 Å². The number of carbonyl (C=O) groups is 2. The second kappa shape index (κ2) is 7.05. The summed E-state index contributed by atoms with van der Waals surface area (Å²) in [4.78, 5) is 22.2. The molecule has 1 rings (SSSR count). The number of urea groups is 1. The van der Waals surface area contributed by atoms with E-state index < -0.39 is 41.8 Å². The molecule has 0 aliphatic carbocycles. The molecule has 130 valence electrons. The number of rotatable bonds is 5. The van der Waals surface area contributed by atoms with Crippen molar-refractivity contribution < 1.29 is 37.7 Å². The van der Waals surface area contributed by atoms with Crippen LogP contribution in [0.15, 0.2) is 18.2 Å². The smallest absolute Gasteiger partial charge is 0.479 e. The van der Waals surface area contributed by atoms with Gasteiger partial charge in [0.2, 0.25) is 0 Å². The summed E-state index contributed by atoms with van der Waals surface area (Å²) in [5, 5.41) is 31.2. The zero-order valence-corrected chi connectivity index (χ0v) is 12.1. The Hall–Kier alpha value is -3.00. The molecule has 2 amide bonds. The molecule has 24 heavy (non-hydrogen) atoms. The zero-order chi connectivity index (χ0) is 18.5. The van der Waals surface area contributed by atoms with Crippen molar-refractivity contribution in [1.29, 1.82) is 5.26 Å². The van der Waals surface area contributed by atoms with Crippen molar-refractivity contribution in [3.63, 3.8) is 0 Å². The highest BCUT2D eigenvalue weighted by molar-refractivity contribution is 5.90. The van der Waals surface area contributed by atoms with Crippen LogP contribution in [0.1, 0.15) is 12.5 Å². The lowest BCUT2D eigenvalue weighted by atomic mass is 10.1. The number of halogens is 3. The Bertz CT molecular complexity index is 682. The lowest BCUT2D eigenvalue weighted by molar-refractivity contribution is -0.274. The quantitative estimate of drug-likeness (QED) is 0.637. The SMILES string of the molecule is CC(O)(CNC(=O)Nc1ccc(OC(F)(F)F)c(C#N)c1)C(=O)O. The van der Waals surface area contributed by atoms with Crippen LogP contribution in [0.25, 0.3) is 0 Å². The molecule has 0 saturated carbocycles. The molecule has 0 radical (unpaired) electrons. The van der Waals surface area contributed by atoms with Gasteiger partial charge in [0.05, 0.1) is 12.1 Å². The molecule has 0 heterocycles. The van der Waals surface area contributed by atoms with Crippen LogP contribution in [0, 0.1) is 11.3 Å². The Morgan fingerprint density at radius 2 is 2.00 bits per heavy atom. The zero-order valence-electron chi connectivity index (χ0n) is 12.1. The largest absolute Gasteiger partial charge is 0.573 e. The van der Waals surface area contributed by atoms with E-state index >= 15 is 0 Å². The number of aliphatic hydroxyl groups is 1. The van der Waals surface area contributed by atoms with Gasteiger partial charge in [-0.25, -0.2) is 9.59 Å². The van der Waals surface area contributed by atoms with E-state index in [0.29, 0.717) is 0 Å². The highest BCUT2D eigenvalue weighted by atomic mass is 19.4. The fourth-order valence-corrected chi connectivity index (χ4v) is 1.41. The average molecular weight is 347 g/mol. The molecule has 8 nitrogen and oxygen atoms in total. The highest BCUT2D eigenvalue weighted by Gasteiger charge is 2.32. The first-order valence-corrected chi connectivity index (χ1v) is 6.25. The Balaban J connectivity index is 2.77. The summed E-state index contributed by atoms with van der Waals surface area (Å²) < 4.78 is 40.1. The van der Waals surface area contributed by atoms with E-state index in [-0.39, 0.29) is 5.69 Å². The summed E-state index contributed by atoms with van der Waals surface area (Å²) in [6, 6.07) is 3.40. The van der Waals surface area contributed by atoms with E-state index in [2.05, 4.69) is 15.4 Å². The van der Waals surface area contributed by atoms with Gasteiger partial charge in [0.1, 0.15) is 11.8 Å². The normalized spacial score (nSPS) is 13.3. The fraction of sp³-hybridized carbons (Fsp3) is 0.308. The van der Waals surface area contributed by atoms with Crippen LogP contribution in [-0.4, -0.2) is 40.7 Å². The van der Waals surface area contributed by atoms with Crippen LogP contribution in [0.3, 0.4) is 0 Å². The number of aliphatic carboxylic acids is 1. The van der Waals surface area contributed by atoms with Crippen molar-refractivity contribution in [1.82, 2.24) is 5.32 Å². The van der Waals surface area contributed by atoms with Gasteiger partial charge in [0.15, 0.2) is 5.60 Å². The van der Waals surface area contributed by atoms with Crippen molar-refractivity contribution >= 4 is 17.7 Å². The molecule has 0 fully saturated rings. The first kappa shape index (κ1) is 19.0. The van der Waals surface area contributed by atoms with E-state index in [1.165, 1.54) is 6.07 Å². The Labute approximate surface area is 133 Å². The molecule has 4 N–H and O–H groups in total. The molecule has 1 atom stereocenters. The van der Waals surface area contributed by atoms with Crippen LogP contribution in [0.2, 0.25) is 0 Å². The minimum atomic E-state index is -4.97. The van der Waals surface area contributed by atoms with Crippen LogP contribution >= 0.6 is 0 Å². The van der Waals surface area contributed by atoms with Gasteiger partial charge in [-0.05, 0) is 25.1 Å². The van der Waals surface area contributed by atoms with Gasteiger partial charge in [-0.2, -0.15) is 5.26 Å². The maximum absolute atomic E-state index is 12.2. The lowest BCUT2D eigenvalue weighted by Gasteiger charge is -2.18. The highest BCUT2D eigenvalue weighted by Crippen LogP contribution is 2.28. The van der Waals surface area contributed by atoms with Crippen LogP contribution in [-0.2, 0) is 4.79 Å². The van der Waals surface area contributed by atoms with Gasteiger partial charge >= 0.3 is 18.4 Å². The molecular formula is C13H12F3N3O5. The van der Waals surface area contributed by atoms with Crippen molar-refractivity contribution in [3.05, 3.63) is 23.8 Å². The first-order chi connectivity index (χ1) is 10.9. The van der Waals surface area contributed by atoms with E-state index in [1.54, 1.807) is 0 Å². The summed E-state index contributed by atoms with van der Waals surface area (Å²) in [6.45, 7) is 0.348. The summed E-state index contributed by atoms with van der Waals surface area (Å²) in [7, 11) is 0. The monoisotopic (exact) mass is 347 g/mol. The Morgan fingerprint density at radius 1 is 1.38 bits per heavy atom. The van der Waals surface area contributed by atoms with Crippen LogP contribution in [0.5, 0.6) is 5.75 Å². The molecule has 0 saturated heterocycles. The van der Waals surface area contributed by atoms with Gasteiger partial charge in [-0.1, -0.05) is 0 Å². The number of nitriles is 1. The standard InChI is InChI=1S/C13H12F3N3O5/c1-12(23,10(20)21)6-18-11(22)19-8-2-3-9(7(4-8)5-17)24-13(14,15)16/h2-4,23H,6H2,1H3,(H,20,21)(H2,18,19,22). The number of nitrogens with zero attached hydrogens (tertiary/aromatic N) is 1. The number of benzene rings is 1. The summed E-state index contributed by atoms with van der Waals surface area (Å²) in [5.74, 6) is -2.28. The third-order valence-corrected chi connectivity index (χ3v) is 2.64. The molecule has 1 unspecified atom stereocenters. The molecular weight excluding hydrogens is 335 g/mol. The second-order valence-electron chi connectivity index (χ2n) is 4.76. The molecule has 11 heteroatoms. The van der Waals surface area contributed by atoms with Gasteiger partial charge in [-0.3, -0.25) is 0 Å². The van der Waals surface area contributed by atoms with Crippen molar-refractivity contribution in [2.24, 2.45) is 0 Å². The van der Waals surface area contributed by atoms with Crippen molar-refractivity contribution in [3.8, 4) is 11.8 Å². The van der Waals surface area contributed by atoms with Crippen LogP contribution in [0.4, 0.5) is 23.7 Å². The fourth-order valence-electron chi connectivity index (χ4n) is 1.41. The molecule has 0 aliphatic rings. The van der Waals surface area contributed by atoms with Crippen molar-refractivity contribution in [2.75, 3.05) is 11.9 Å². The lowest BCUT2D eigenvalue weighted by Crippen LogP contribution is -2.47. The van der Waals surface area contributed by atoms with Gasteiger partial charge < -0.3 is 25.6 Å². The second-order valence-corrected chi connectivity index (χ2v) is 4.76. The molecule has 1 aromatic rings. The van der Waals surface area contributed by atoms with E-state index in [4.69, 9.17) is 10.4 Å². The average Bonchev–Trinajstić information content (AvgIpc) is 2.45. The van der Waals surface area contributed by atoms with Crippen molar-refractivity contribution in [2.45, 2.75) is 18.9 Å². The number of alkyl halides is 3. The summed E-state index contributed by atoms with van der Waals surface area (Å²) in [6.07, 6.45) is -4.97. The predicted octanol–water partition coefficient (Wildman–Crippen LogP) is 1.41. The number of anilines is 1. The number of nitrogens with one attached hydrogen (secondary N) is 2. The molecule has 0 spiro atoms. The maximum atomic E-state index is 12.2. The first-order valence-electron chi connectivity index (χ1n) is 6.25. The van der Waals surface area contributed by atoms with E-state index in [0.717, 1.165) is 25.1 Å². The number of carboxylic acids is 1. The number of hydrogen-bond donors (Lipinski definition) is 4. The third-order valence-electron chi connectivity index (χ3n) is 2.64. The maximum Gasteiger partial charge on any atom is 0.573 e. The minimum Gasteiger partial charge on any atom is -0.479 e. The summed E-state index contributed by atoms with van der Waals surface area (Å²) >= 11 is 0. The Kier molecular flexibility index (Phi) is 5.60. The predicted molar refractivity (Wildman–Crippen MR) is 73.1 cm³/mol. The molecule has 0 aliphatic heterocycles. The number of amides is 2. The molecule has 0 bridgehead atoms. The number of ether oxygens (including phenoxy) is 1.